The van der Waals surface area contributed by atoms with Gasteiger partial charge in [-0.05, 0) is 35.9 Å². The molecule has 0 bridgehead atoms. The molecule has 4 nitrogen and oxygen atoms in total. The average molecular weight is 277 g/mol. The monoisotopic (exact) mass is 277 g/mol. The van der Waals surface area contributed by atoms with E-state index in [4.69, 9.17) is 5.26 Å². The summed E-state index contributed by atoms with van der Waals surface area (Å²) >= 11 is 0. The van der Waals surface area contributed by atoms with Crippen LogP contribution in [0.2, 0.25) is 0 Å². The van der Waals surface area contributed by atoms with Gasteiger partial charge in [0.25, 0.3) is 0 Å². The number of nitriles is 1. The molecule has 0 aliphatic heterocycles. The SMILES string of the molecule is N#Cc1ccc(C=CC(=O)c2ccccc(=O)c2O)cc1. The highest BCUT2D eigenvalue weighted by atomic mass is 16.3. The first-order chi connectivity index (χ1) is 10.1. The van der Waals surface area contributed by atoms with E-state index in [0.717, 1.165) is 5.56 Å². The quantitative estimate of drug-likeness (QED) is 0.690. The molecular formula is C17H11NO3. The molecule has 0 saturated carbocycles. The number of hydrogen-bond donors (Lipinski definition) is 1. The fourth-order valence-electron chi connectivity index (χ4n) is 1.71. The van der Waals surface area contributed by atoms with Crippen LogP contribution in [-0.4, -0.2) is 10.9 Å². The Morgan fingerprint density at radius 3 is 2.43 bits per heavy atom. The van der Waals surface area contributed by atoms with Crippen molar-refractivity contribution in [2.75, 3.05) is 0 Å². The summed E-state index contributed by atoms with van der Waals surface area (Å²) in [6.07, 6.45) is 2.83. The van der Waals surface area contributed by atoms with Gasteiger partial charge in [-0.15, -0.1) is 0 Å². The fourth-order valence-corrected chi connectivity index (χ4v) is 1.71. The maximum absolute atomic E-state index is 12.0. The molecule has 0 aliphatic rings. The molecule has 0 aliphatic carbocycles. The second kappa shape index (κ2) is 6.31. The van der Waals surface area contributed by atoms with Crippen LogP contribution < -0.4 is 5.43 Å². The summed E-state index contributed by atoms with van der Waals surface area (Å²) in [4.78, 5) is 23.4. The van der Waals surface area contributed by atoms with Crippen molar-refractivity contribution in [2.24, 2.45) is 0 Å². The highest BCUT2D eigenvalue weighted by Crippen LogP contribution is 2.12. The van der Waals surface area contributed by atoms with E-state index >= 15 is 0 Å². The molecule has 2 aromatic rings. The first-order valence-corrected chi connectivity index (χ1v) is 6.16. The molecule has 0 unspecified atom stereocenters. The predicted octanol–water partition coefficient (Wildman–Crippen LogP) is 2.52. The second-order valence-corrected chi connectivity index (χ2v) is 4.28. The van der Waals surface area contributed by atoms with Crippen molar-refractivity contribution in [1.82, 2.24) is 0 Å². The van der Waals surface area contributed by atoms with Gasteiger partial charge in [0.2, 0.25) is 5.43 Å². The van der Waals surface area contributed by atoms with E-state index in [-0.39, 0.29) is 5.56 Å². The summed E-state index contributed by atoms with van der Waals surface area (Å²) in [5.41, 5.74) is 0.622. The van der Waals surface area contributed by atoms with E-state index < -0.39 is 17.0 Å². The van der Waals surface area contributed by atoms with Gasteiger partial charge in [-0.2, -0.15) is 5.26 Å². The van der Waals surface area contributed by atoms with Gasteiger partial charge in [-0.1, -0.05) is 30.3 Å². The molecule has 1 N–H and O–H groups in total. The Bertz CT molecular complexity index is 799. The second-order valence-electron chi connectivity index (χ2n) is 4.28. The van der Waals surface area contributed by atoms with E-state index in [1.54, 1.807) is 30.3 Å². The zero-order valence-electron chi connectivity index (χ0n) is 11.0. The number of nitrogens with zero attached hydrogens (tertiary/aromatic N) is 1. The van der Waals surface area contributed by atoms with Crippen LogP contribution >= 0.6 is 0 Å². The largest absolute Gasteiger partial charge is 0.504 e. The van der Waals surface area contributed by atoms with Gasteiger partial charge in [0.15, 0.2) is 11.5 Å². The van der Waals surface area contributed by atoms with Crippen LogP contribution in [0.1, 0.15) is 21.5 Å². The summed E-state index contributed by atoms with van der Waals surface area (Å²) in [5, 5.41) is 18.4. The number of carbonyl (C=O) groups is 1. The number of carbonyl (C=O) groups excluding carboxylic acids is 1. The zero-order valence-corrected chi connectivity index (χ0v) is 11.0. The van der Waals surface area contributed by atoms with Crippen molar-refractivity contribution in [2.45, 2.75) is 0 Å². The van der Waals surface area contributed by atoms with Crippen LogP contribution in [-0.2, 0) is 0 Å². The van der Waals surface area contributed by atoms with Gasteiger partial charge >= 0.3 is 0 Å². The Hall–Kier alpha value is -3.19. The molecule has 21 heavy (non-hydrogen) atoms. The lowest BCUT2D eigenvalue weighted by Gasteiger charge is -1.96. The molecular weight excluding hydrogens is 266 g/mol. The highest BCUT2D eigenvalue weighted by Gasteiger charge is 2.09. The van der Waals surface area contributed by atoms with Crippen molar-refractivity contribution < 1.29 is 9.90 Å². The van der Waals surface area contributed by atoms with Crippen LogP contribution in [0, 0.1) is 11.3 Å². The molecule has 0 heterocycles. The lowest BCUT2D eigenvalue weighted by molar-refractivity contribution is 0.104. The molecule has 0 saturated heterocycles. The smallest absolute Gasteiger partial charge is 0.220 e. The van der Waals surface area contributed by atoms with Crippen molar-refractivity contribution in [3.63, 3.8) is 0 Å². The van der Waals surface area contributed by atoms with E-state index in [1.807, 2.05) is 6.07 Å². The Morgan fingerprint density at radius 2 is 1.76 bits per heavy atom. The third-order valence-electron chi connectivity index (χ3n) is 2.84. The number of aromatic hydroxyl groups is 1. The lowest BCUT2D eigenvalue weighted by Crippen LogP contribution is -2.01. The maximum atomic E-state index is 12.0. The Labute approximate surface area is 121 Å². The van der Waals surface area contributed by atoms with Crippen molar-refractivity contribution in [1.29, 1.82) is 5.26 Å². The Balaban J connectivity index is 2.28. The van der Waals surface area contributed by atoms with Gasteiger partial charge < -0.3 is 5.11 Å². The molecule has 2 rings (SSSR count). The third-order valence-corrected chi connectivity index (χ3v) is 2.84. The maximum Gasteiger partial charge on any atom is 0.220 e. The van der Waals surface area contributed by atoms with Crippen molar-refractivity contribution in [3.8, 4) is 11.8 Å². The van der Waals surface area contributed by atoms with Crippen molar-refractivity contribution in [3.05, 3.63) is 81.5 Å². The standard InChI is InChI=1S/C17H11NO3/c18-11-13-7-5-12(6-8-13)9-10-15(19)14-3-1-2-4-16(20)17(14)21/h1-10H,(H,20,21). The first-order valence-electron chi connectivity index (χ1n) is 6.16. The predicted molar refractivity (Wildman–Crippen MR) is 78.9 cm³/mol. The molecule has 0 fully saturated rings. The highest BCUT2D eigenvalue weighted by molar-refractivity contribution is 6.08. The topological polar surface area (TPSA) is 78.2 Å². The summed E-state index contributed by atoms with van der Waals surface area (Å²) in [5.74, 6) is -1.03. The number of benzene rings is 1. The van der Waals surface area contributed by atoms with Gasteiger partial charge in [-0.3, -0.25) is 9.59 Å². The van der Waals surface area contributed by atoms with Gasteiger partial charge in [0.1, 0.15) is 0 Å². The van der Waals surface area contributed by atoms with Crippen molar-refractivity contribution >= 4 is 11.9 Å². The Kier molecular flexibility index (Phi) is 4.27. The number of allylic oxidation sites excluding steroid dienone is 1. The molecule has 0 spiro atoms. The number of ketones is 1. The zero-order chi connectivity index (χ0) is 15.2. The van der Waals surface area contributed by atoms with E-state index in [2.05, 4.69) is 0 Å². The summed E-state index contributed by atoms with van der Waals surface area (Å²) in [6.45, 7) is 0. The summed E-state index contributed by atoms with van der Waals surface area (Å²) < 4.78 is 0. The van der Waals surface area contributed by atoms with Crippen LogP contribution in [0.3, 0.4) is 0 Å². The molecule has 0 aromatic heterocycles. The molecule has 2 aromatic carbocycles. The minimum atomic E-state index is -0.602. The van der Waals surface area contributed by atoms with Crippen LogP contribution in [0.4, 0.5) is 0 Å². The Morgan fingerprint density at radius 1 is 1.10 bits per heavy atom. The minimum absolute atomic E-state index is 0.0464. The van der Waals surface area contributed by atoms with Crippen LogP contribution in [0.25, 0.3) is 6.08 Å². The first kappa shape index (κ1) is 14.2. The van der Waals surface area contributed by atoms with Gasteiger partial charge in [0.05, 0.1) is 17.2 Å². The fraction of sp³-hybridized carbons (Fsp3) is 0. The van der Waals surface area contributed by atoms with E-state index in [0.29, 0.717) is 5.56 Å². The van der Waals surface area contributed by atoms with E-state index in [1.165, 1.54) is 30.3 Å². The van der Waals surface area contributed by atoms with Crippen LogP contribution in [0.5, 0.6) is 5.75 Å². The summed E-state index contributed by atoms with van der Waals surface area (Å²) in [7, 11) is 0. The summed E-state index contributed by atoms with van der Waals surface area (Å²) in [6, 6.07) is 14.2. The average Bonchev–Trinajstić information content (AvgIpc) is 2.68. The molecule has 102 valence electrons. The number of rotatable bonds is 3. The molecule has 0 radical (unpaired) electrons. The molecule has 4 heteroatoms. The minimum Gasteiger partial charge on any atom is -0.504 e. The van der Waals surface area contributed by atoms with Gasteiger partial charge in [0, 0.05) is 0 Å². The van der Waals surface area contributed by atoms with Gasteiger partial charge in [-0.25, -0.2) is 0 Å². The molecule has 0 atom stereocenters. The van der Waals surface area contributed by atoms with E-state index in [9.17, 15) is 14.7 Å². The molecule has 0 amide bonds. The normalized spacial score (nSPS) is 10.2. The lowest BCUT2D eigenvalue weighted by atomic mass is 10.1. The third kappa shape index (κ3) is 3.43. The van der Waals surface area contributed by atoms with Crippen LogP contribution in [0.15, 0.2) is 59.4 Å². The number of hydrogen-bond acceptors (Lipinski definition) is 4.